The molecule has 4 nitrogen and oxygen atoms in total. The Balaban J connectivity index is 2.09. The maximum atomic E-state index is 9.03. The molecule has 0 aromatic carbocycles. The number of aromatic nitrogens is 2. The Kier molecular flexibility index (Phi) is 3.28. The minimum absolute atomic E-state index is 0.0163. The summed E-state index contributed by atoms with van der Waals surface area (Å²) in [6.45, 7) is 3.57. The quantitative estimate of drug-likeness (QED) is 0.800. The highest BCUT2D eigenvalue weighted by molar-refractivity contribution is 5.09. The van der Waals surface area contributed by atoms with Crippen LogP contribution in [0.4, 0.5) is 0 Å². The van der Waals surface area contributed by atoms with Crippen LogP contribution < -0.4 is 0 Å². The normalized spacial score (nSPS) is 20.8. The van der Waals surface area contributed by atoms with Crippen LogP contribution in [0.2, 0.25) is 0 Å². The second-order valence-electron chi connectivity index (χ2n) is 4.01. The first-order valence-electron chi connectivity index (χ1n) is 5.30. The zero-order valence-corrected chi connectivity index (χ0v) is 8.94. The van der Waals surface area contributed by atoms with Crippen molar-refractivity contribution in [2.45, 2.75) is 26.4 Å². The molecule has 0 aliphatic carbocycles. The molecule has 1 aromatic heterocycles. The molecule has 1 N–H and O–H groups in total. The van der Waals surface area contributed by atoms with Gasteiger partial charge >= 0.3 is 0 Å². The van der Waals surface area contributed by atoms with Gasteiger partial charge in [-0.25, -0.2) is 9.97 Å². The van der Waals surface area contributed by atoms with Crippen molar-refractivity contribution in [3.63, 3.8) is 0 Å². The summed E-state index contributed by atoms with van der Waals surface area (Å²) in [7, 11) is 0. The fourth-order valence-electron chi connectivity index (χ4n) is 1.87. The van der Waals surface area contributed by atoms with Crippen LogP contribution in [0.1, 0.15) is 23.6 Å². The maximum Gasteiger partial charge on any atom is 0.129 e. The zero-order chi connectivity index (χ0) is 10.7. The molecule has 1 aliphatic heterocycles. The lowest BCUT2D eigenvalue weighted by Crippen LogP contribution is -2.09. The van der Waals surface area contributed by atoms with Crippen LogP contribution in [0.25, 0.3) is 0 Å². The van der Waals surface area contributed by atoms with Gasteiger partial charge < -0.3 is 9.84 Å². The second kappa shape index (κ2) is 4.68. The van der Waals surface area contributed by atoms with Crippen LogP contribution in [0.3, 0.4) is 0 Å². The molecule has 0 bridgehead atoms. The lowest BCUT2D eigenvalue weighted by atomic mass is 10.0. The fourth-order valence-corrected chi connectivity index (χ4v) is 1.87. The molecule has 1 aliphatic rings. The Labute approximate surface area is 89.3 Å². The van der Waals surface area contributed by atoms with Crippen molar-refractivity contribution >= 4 is 0 Å². The monoisotopic (exact) mass is 208 g/mol. The van der Waals surface area contributed by atoms with Crippen molar-refractivity contribution in [2.24, 2.45) is 5.92 Å². The van der Waals surface area contributed by atoms with Gasteiger partial charge in [-0.2, -0.15) is 0 Å². The summed E-state index contributed by atoms with van der Waals surface area (Å²) in [6, 6.07) is 1.81. The predicted molar refractivity (Wildman–Crippen MR) is 55.3 cm³/mol. The fraction of sp³-hybridized carbons (Fsp3) is 0.636. The first-order chi connectivity index (χ1) is 7.28. The number of hydrogen-bond donors (Lipinski definition) is 1. The SMILES string of the molecule is Cc1cc(CO)nc(CC2CCOC2)n1. The molecule has 0 radical (unpaired) electrons. The summed E-state index contributed by atoms with van der Waals surface area (Å²) in [5, 5.41) is 9.03. The third-order valence-corrected chi connectivity index (χ3v) is 2.61. The number of aryl methyl sites for hydroxylation is 1. The summed E-state index contributed by atoms with van der Waals surface area (Å²) >= 11 is 0. The van der Waals surface area contributed by atoms with Crippen LogP contribution in [0.5, 0.6) is 0 Å². The van der Waals surface area contributed by atoms with E-state index in [9.17, 15) is 0 Å². The molecule has 1 aromatic rings. The van der Waals surface area contributed by atoms with E-state index >= 15 is 0 Å². The van der Waals surface area contributed by atoms with Gasteiger partial charge in [0, 0.05) is 25.3 Å². The Bertz CT molecular complexity index is 335. The molecular formula is C11H16N2O2. The Morgan fingerprint density at radius 1 is 1.53 bits per heavy atom. The number of hydrogen-bond acceptors (Lipinski definition) is 4. The molecule has 1 atom stereocenters. The number of ether oxygens (including phenoxy) is 1. The van der Waals surface area contributed by atoms with Gasteiger partial charge in [0.15, 0.2) is 0 Å². The molecule has 4 heteroatoms. The van der Waals surface area contributed by atoms with E-state index in [-0.39, 0.29) is 6.61 Å². The first kappa shape index (κ1) is 10.5. The average Bonchev–Trinajstić information content (AvgIpc) is 2.69. The Morgan fingerprint density at radius 3 is 3.07 bits per heavy atom. The van der Waals surface area contributed by atoms with E-state index in [2.05, 4.69) is 9.97 Å². The highest BCUT2D eigenvalue weighted by atomic mass is 16.5. The molecule has 1 unspecified atom stereocenters. The van der Waals surface area contributed by atoms with Gasteiger partial charge in [-0.3, -0.25) is 0 Å². The van der Waals surface area contributed by atoms with Gasteiger partial charge in [-0.05, 0) is 25.3 Å². The summed E-state index contributed by atoms with van der Waals surface area (Å²) in [5.74, 6) is 1.37. The molecule has 0 spiro atoms. The predicted octanol–water partition coefficient (Wildman–Crippen LogP) is 0.856. The van der Waals surface area contributed by atoms with E-state index < -0.39 is 0 Å². The lowest BCUT2D eigenvalue weighted by Gasteiger charge is -2.07. The van der Waals surface area contributed by atoms with Crippen molar-refractivity contribution in [3.8, 4) is 0 Å². The third kappa shape index (κ3) is 2.73. The van der Waals surface area contributed by atoms with Crippen LogP contribution in [-0.4, -0.2) is 28.3 Å². The van der Waals surface area contributed by atoms with E-state index in [0.29, 0.717) is 11.6 Å². The van der Waals surface area contributed by atoms with Crippen molar-refractivity contribution in [1.82, 2.24) is 9.97 Å². The highest BCUT2D eigenvalue weighted by Gasteiger charge is 2.17. The summed E-state index contributed by atoms with van der Waals surface area (Å²) in [4.78, 5) is 8.67. The minimum Gasteiger partial charge on any atom is -0.390 e. The zero-order valence-electron chi connectivity index (χ0n) is 8.94. The lowest BCUT2D eigenvalue weighted by molar-refractivity contribution is 0.185. The van der Waals surface area contributed by atoms with E-state index in [1.54, 1.807) is 0 Å². The van der Waals surface area contributed by atoms with E-state index in [0.717, 1.165) is 37.6 Å². The van der Waals surface area contributed by atoms with Crippen LogP contribution in [-0.2, 0) is 17.8 Å². The van der Waals surface area contributed by atoms with Gasteiger partial charge in [0.25, 0.3) is 0 Å². The standard InChI is InChI=1S/C11H16N2O2/c1-8-4-10(6-14)13-11(12-8)5-9-2-3-15-7-9/h4,9,14H,2-3,5-7H2,1H3. The van der Waals surface area contributed by atoms with Crippen molar-refractivity contribution in [3.05, 3.63) is 23.3 Å². The minimum atomic E-state index is -0.0163. The molecule has 0 amide bonds. The number of aliphatic hydroxyl groups excluding tert-OH is 1. The maximum absolute atomic E-state index is 9.03. The van der Waals surface area contributed by atoms with Crippen LogP contribution in [0, 0.1) is 12.8 Å². The van der Waals surface area contributed by atoms with Gasteiger partial charge in [-0.15, -0.1) is 0 Å². The van der Waals surface area contributed by atoms with E-state index in [4.69, 9.17) is 9.84 Å². The summed E-state index contributed by atoms with van der Waals surface area (Å²) in [5.41, 5.74) is 1.62. The largest absolute Gasteiger partial charge is 0.390 e. The average molecular weight is 208 g/mol. The molecule has 15 heavy (non-hydrogen) atoms. The van der Waals surface area contributed by atoms with Gasteiger partial charge in [0.2, 0.25) is 0 Å². The van der Waals surface area contributed by atoms with Crippen LogP contribution >= 0.6 is 0 Å². The number of aliphatic hydroxyl groups is 1. The Hall–Kier alpha value is -1.00. The Morgan fingerprint density at radius 2 is 2.40 bits per heavy atom. The molecule has 1 saturated heterocycles. The van der Waals surface area contributed by atoms with E-state index in [1.807, 2.05) is 13.0 Å². The molecule has 2 rings (SSSR count). The second-order valence-corrected chi connectivity index (χ2v) is 4.01. The number of rotatable bonds is 3. The molecule has 1 fully saturated rings. The topological polar surface area (TPSA) is 55.2 Å². The summed E-state index contributed by atoms with van der Waals surface area (Å²) < 4.78 is 5.31. The molecule has 2 heterocycles. The van der Waals surface area contributed by atoms with Crippen molar-refractivity contribution < 1.29 is 9.84 Å². The molecule has 0 saturated carbocycles. The van der Waals surface area contributed by atoms with Crippen LogP contribution in [0.15, 0.2) is 6.07 Å². The van der Waals surface area contributed by atoms with Crippen molar-refractivity contribution in [2.75, 3.05) is 13.2 Å². The van der Waals surface area contributed by atoms with Crippen molar-refractivity contribution in [1.29, 1.82) is 0 Å². The summed E-state index contributed by atoms with van der Waals surface area (Å²) in [6.07, 6.45) is 1.94. The van der Waals surface area contributed by atoms with Gasteiger partial charge in [0.1, 0.15) is 5.82 Å². The van der Waals surface area contributed by atoms with E-state index in [1.165, 1.54) is 0 Å². The highest BCUT2D eigenvalue weighted by Crippen LogP contribution is 2.16. The smallest absolute Gasteiger partial charge is 0.129 e. The molecule has 82 valence electrons. The molecular weight excluding hydrogens is 192 g/mol. The van der Waals surface area contributed by atoms with Gasteiger partial charge in [-0.1, -0.05) is 0 Å². The van der Waals surface area contributed by atoms with Gasteiger partial charge in [0.05, 0.1) is 12.3 Å². The first-order valence-corrected chi connectivity index (χ1v) is 5.30. The number of nitrogens with zero attached hydrogens (tertiary/aromatic N) is 2. The third-order valence-electron chi connectivity index (χ3n) is 2.61.